The fourth-order valence-corrected chi connectivity index (χ4v) is 2.38. The maximum absolute atomic E-state index is 9.95. The van der Waals surface area contributed by atoms with E-state index in [1.807, 2.05) is 25.0 Å². The number of hydrogen-bond donors (Lipinski definition) is 1. The van der Waals surface area contributed by atoms with E-state index >= 15 is 0 Å². The summed E-state index contributed by atoms with van der Waals surface area (Å²) >= 11 is 0. The topological polar surface area (TPSA) is 44.5 Å². The molecule has 1 aliphatic heterocycles. The summed E-state index contributed by atoms with van der Waals surface area (Å²) < 4.78 is 1.94. The van der Waals surface area contributed by atoms with Crippen molar-refractivity contribution in [1.29, 1.82) is 0 Å². The van der Waals surface area contributed by atoms with Crippen LogP contribution in [-0.2, 0) is 13.1 Å². The molecule has 2 rings (SSSR count). The van der Waals surface area contributed by atoms with Crippen molar-refractivity contribution in [3.8, 4) is 0 Å². The van der Waals surface area contributed by atoms with E-state index in [-0.39, 0.29) is 12.1 Å². The Balaban J connectivity index is 1.92. The number of likely N-dealkylation sites (N-methyl/N-ethyl adjacent to an activating group) is 1. The molecule has 5 nitrogen and oxygen atoms in total. The minimum Gasteiger partial charge on any atom is -0.390 e. The highest BCUT2D eigenvalue weighted by Gasteiger charge is 2.32. The Morgan fingerprint density at radius 1 is 1.47 bits per heavy atom. The van der Waals surface area contributed by atoms with Crippen LogP contribution in [-0.4, -0.2) is 64.0 Å². The molecule has 2 heterocycles. The molecule has 1 aromatic heterocycles. The SMILES string of the molecule is CCn1ccc(CN2C[C@H](O)[C@@H](N(C)C)C2)n1. The Kier molecular flexibility index (Phi) is 3.81. The van der Waals surface area contributed by atoms with Crippen LogP contribution in [0.1, 0.15) is 12.6 Å². The lowest BCUT2D eigenvalue weighted by Gasteiger charge is -2.21. The molecule has 2 atom stereocenters. The van der Waals surface area contributed by atoms with Gasteiger partial charge >= 0.3 is 0 Å². The molecule has 0 radical (unpaired) electrons. The van der Waals surface area contributed by atoms with Crippen LogP contribution < -0.4 is 0 Å². The van der Waals surface area contributed by atoms with Gasteiger partial charge in [0.2, 0.25) is 0 Å². The maximum atomic E-state index is 9.95. The van der Waals surface area contributed by atoms with Crippen LogP contribution in [0, 0.1) is 0 Å². The van der Waals surface area contributed by atoms with E-state index in [1.54, 1.807) is 0 Å². The Labute approximate surface area is 103 Å². The highest BCUT2D eigenvalue weighted by molar-refractivity contribution is 5.01. The number of aromatic nitrogens is 2. The number of hydrogen-bond acceptors (Lipinski definition) is 4. The molecular formula is C12H22N4O. The maximum Gasteiger partial charge on any atom is 0.0834 e. The predicted molar refractivity (Wildman–Crippen MR) is 66.7 cm³/mol. The zero-order valence-corrected chi connectivity index (χ0v) is 10.9. The summed E-state index contributed by atoms with van der Waals surface area (Å²) in [5.41, 5.74) is 1.08. The smallest absolute Gasteiger partial charge is 0.0834 e. The third-order valence-electron chi connectivity index (χ3n) is 3.40. The third kappa shape index (κ3) is 2.86. The average Bonchev–Trinajstić information content (AvgIpc) is 2.85. The number of β-amino-alcohol motifs (C(OH)–C–C–N with tert-alkyl or cyclic N) is 1. The first-order valence-electron chi connectivity index (χ1n) is 6.19. The van der Waals surface area contributed by atoms with E-state index in [9.17, 15) is 5.11 Å². The number of rotatable bonds is 4. The van der Waals surface area contributed by atoms with Gasteiger partial charge in [-0.15, -0.1) is 0 Å². The first-order valence-corrected chi connectivity index (χ1v) is 6.19. The van der Waals surface area contributed by atoms with Crippen LogP contribution in [0.15, 0.2) is 12.3 Å². The molecule has 0 unspecified atom stereocenters. The van der Waals surface area contributed by atoms with Gasteiger partial charge in [-0.25, -0.2) is 0 Å². The molecule has 1 saturated heterocycles. The number of likely N-dealkylation sites (tertiary alicyclic amines) is 1. The van der Waals surface area contributed by atoms with Crippen LogP contribution >= 0.6 is 0 Å². The van der Waals surface area contributed by atoms with Crippen molar-refractivity contribution in [1.82, 2.24) is 19.6 Å². The van der Waals surface area contributed by atoms with Crippen LogP contribution in [0.25, 0.3) is 0 Å². The average molecular weight is 238 g/mol. The van der Waals surface area contributed by atoms with Gasteiger partial charge in [-0.2, -0.15) is 5.10 Å². The molecule has 17 heavy (non-hydrogen) atoms. The van der Waals surface area contributed by atoms with E-state index < -0.39 is 0 Å². The lowest BCUT2D eigenvalue weighted by molar-refractivity contribution is 0.112. The van der Waals surface area contributed by atoms with Crippen molar-refractivity contribution >= 4 is 0 Å². The van der Waals surface area contributed by atoms with Gasteiger partial charge in [-0.05, 0) is 27.1 Å². The molecule has 1 fully saturated rings. The van der Waals surface area contributed by atoms with Gasteiger partial charge < -0.3 is 10.0 Å². The second-order valence-electron chi connectivity index (χ2n) is 4.96. The molecule has 0 bridgehead atoms. The highest BCUT2D eigenvalue weighted by atomic mass is 16.3. The van der Waals surface area contributed by atoms with E-state index in [4.69, 9.17) is 0 Å². The van der Waals surface area contributed by atoms with Crippen LogP contribution in [0.2, 0.25) is 0 Å². The molecule has 96 valence electrons. The van der Waals surface area contributed by atoms with Gasteiger partial charge in [-0.1, -0.05) is 0 Å². The number of aryl methyl sites for hydroxylation is 1. The van der Waals surface area contributed by atoms with E-state index in [2.05, 4.69) is 27.9 Å². The monoisotopic (exact) mass is 238 g/mol. The first-order chi connectivity index (χ1) is 8.10. The van der Waals surface area contributed by atoms with Crippen LogP contribution in [0.3, 0.4) is 0 Å². The van der Waals surface area contributed by atoms with Gasteiger partial charge in [0.05, 0.1) is 11.8 Å². The largest absolute Gasteiger partial charge is 0.390 e. The first kappa shape index (κ1) is 12.5. The summed E-state index contributed by atoms with van der Waals surface area (Å²) in [5.74, 6) is 0. The number of nitrogens with zero attached hydrogens (tertiary/aromatic N) is 4. The summed E-state index contributed by atoms with van der Waals surface area (Å²) in [5, 5.41) is 14.4. The van der Waals surface area contributed by atoms with Crippen molar-refractivity contribution in [3.63, 3.8) is 0 Å². The van der Waals surface area contributed by atoms with Gasteiger partial charge in [0.1, 0.15) is 0 Å². The minimum atomic E-state index is -0.252. The normalized spacial score (nSPS) is 25.9. The second-order valence-corrected chi connectivity index (χ2v) is 4.96. The van der Waals surface area contributed by atoms with Gasteiger partial charge in [-0.3, -0.25) is 9.58 Å². The summed E-state index contributed by atoms with van der Waals surface area (Å²) in [7, 11) is 4.03. The van der Waals surface area contributed by atoms with Crippen molar-refractivity contribution in [2.75, 3.05) is 27.2 Å². The molecule has 0 amide bonds. The molecule has 5 heteroatoms. The summed E-state index contributed by atoms with van der Waals surface area (Å²) in [6.07, 6.45) is 1.75. The van der Waals surface area contributed by atoms with E-state index in [0.717, 1.165) is 31.9 Å². The van der Waals surface area contributed by atoms with Crippen molar-refractivity contribution in [2.24, 2.45) is 0 Å². The lowest BCUT2D eigenvalue weighted by Crippen LogP contribution is -2.37. The molecule has 0 saturated carbocycles. The van der Waals surface area contributed by atoms with Crippen LogP contribution in [0.4, 0.5) is 0 Å². The summed E-state index contributed by atoms with van der Waals surface area (Å²) in [6.45, 7) is 5.46. The number of aliphatic hydroxyl groups is 1. The fourth-order valence-electron chi connectivity index (χ4n) is 2.38. The Bertz CT molecular complexity index is 363. The quantitative estimate of drug-likeness (QED) is 0.802. The zero-order valence-electron chi connectivity index (χ0n) is 10.9. The van der Waals surface area contributed by atoms with E-state index in [0.29, 0.717) is 0 Å². The van der Waals surface area contributed by atoms with Gasteiger partial charge in [0.25, 0.3) is 0 Å². The van der Waals surface area contributed by atoms with Gasteiger partial charge in [0, 0.05) is 38.4 Å². The van der Waals surface area contributed by atoms with Gasteiger partial charge in [0.15, 0.2) is 0 Å². The summed E-state index contributed by atoms with van der Waals surface area (Å²) in [4.78, 5) is 4.35. The second kappa shape index (κ2) is 5.16. The summed E-state index contributed by atoms with van der Waals surface area (Å²) in [6, 6.07) is 2.29. The molecule has 1 aromatic rings. The van der Waals surface area contributed by atoms with Crippen LogP contribution in [0.5, 0.6) is 0 Å². The molecular weight excluding hydrogens is 216 g/mol. The van der Waals surface area contributed by atoms with Crippen molar-refractivity contribution in [3.05, 3.63) is 18.0 Å². The van der Waals surface area contributed by atoms with Crippen molar-refractivity contribution < 1.29 is 5.11 Å². The Morgan fingerprint density at radius 2 is 2.24 bits per heavy atom. The molecule has 1 aliphatic rings. The standard InChI is InChI=1S/C12H22N4O/c1-4-16-6-5-10(13-16)7-15-8-11(14(2)3)12(17)9-15/h5-6,11-12,17H,4,7-9H2,1-3H3/t11-,12-/m0/s1. The lowest BCUT2D eigenvalue weighted by atomic mass is 10.2. The third-order valence-corrected chi connectivity index (χ3v) is 3.40. The predicted octanol–water partition coefficient (Wildman–Crippen LogP) is 0.00970. The molecule has 1 N–H and O–H groups in total. The molecule has 0 spiro atoms. The van der Waals surface area contributed by atoms with E-state index in [1.165, 1.54) is 0 Å². The minimum absolute atomic E-state index is 0.239. The highest BCUT2D eigenvalue weighted by Crippen LogP contribution is 2.16. The Morgan fingerprint density at radius 3 is 2.76 bits per heavy atom. The molecule has 0 aliphatic carbocycles. The zero-order chi connectivity index (χ0) is 12.4. The number of aliphatic hydroxyl groups excluding tert-OH is 1. The Hall–Kier alpha value is -0.910. The molecule has 0 aromatic carbocycles. The fraction of sp³-hybridized carbons (Fsp3) is 0.750. The van der Waals surface area contributed by atoms with Crippen molar-refractivity contribution in [2.45, 2.75) is 32.2 Å².